The molecule has 0 spiro atoms. The van der Waals surface area contributed by atoms with Crippen molar-refractivity contribution in [2.24, 2.45) is 0 Å². The summed E-state index contributed by atoms with van der Waals surface area (Å²) < 4.78 is 0. The second-order valence-electron chi connectivity index (χ2n) is 4.92. The topological polar surface area (TPSA) is 49.8 Å². The molecule has 0 radical (unpaired) electrons. The van der Waals surface area contributed by atoms with Crippen molar-refractivity contribution in [3.8, 4) is 0 Å². The van der Waals surface area contributed by atoms with Gasteiger partial charge in [0.05, 0.1) is 0 Å². The highest BCUT2D eigenvalue weighted by atomic mass is 15.1. The summed E-state index contributed by atoms with van der Waals surface area (Å²) in [7, 11) is 0. The third-order valence-electron chi connectivity index (χ3n) is 3.40. The molecule has 4 heteroatoms. The molecular weight excluding hydrogens is 224 g/mol. The van der Waals surface area contributed by atoms with Crippen molar-refractivity contribution in [1.82, 2.24) is 9.97 Å². The fourth-order valence-electron chi connectivity index (χ4n) is 2.46. The van der Waals surface area contributed by atoms with Crippen LogP contribution in [0.25, 0.3) is 0 Å². The smallest absolute Gasteiger partial charge is 0.132 e. The van der Waals surface area contributed by atoms with Crippen molar-refractivity contribution in [2.75, 3.05) is 17.2 Å². The SMILES string of the molecule is CCNc1cc(NC2CCCCC2)nc(CC)n1. The maximum Gasteiger partial charge on any atom is 0.132 e. The van der Waals surface area contributed by atoms with Crippen LogP contribution in [0.15, 0.2) is 6.07 Å². The van der Waals surface area contributed by atoms with E-state index in [1.165, 1.54) is 32.1 Å². The Hall–Kier alpha value is -1.32. The highest BCUT2D eigenvalue weighted by molar-refractivity contribution is 5.48. The van der Waals surface area contributed by atoms with Crippen molar-refractivity contribution >= 4 is 11.6 Å². The predicted octanol–water partition coefficient (Wildman–Crippen LogP) is 3.22. The normalized spacial score (nSPS) is 16.6. The van der Waals surface area contributed by atoms with Crippen LogP contribution in [-0.2, 0) is 6.42 Å². The Balaban J connectivity index is 2.07. The molecule has 1 saturated carbocycles. The Kier molecular flexibility index (Phi) is 4.79. The monoisotopic (exact) mass is 248 g/mol. The van der Waals surface area contributed by atoms with Crippen LogP contribution in [0.3, 0.4) is 0 Å². The third-order valence-corrected chi connectivity index (χ3v) is 3.40. The summed E-state index contributed by atoms with van der Waals surface area (Å²) in [5.41, 5.74) is 0. The van der Waals surface area contributed by atoms with Gasteiger partial charge in [0.1, 0.15) is 17.5 Å². The molecule has 1 fully saturated rings. The van der Waals surface area contributed by atoms with Gasteiger partial charge in [-0.05, 0) is 19.8 Å². The first-order valence-electron chi connectivity index (χ1n) is 7.20. The fraction of sp³-hybridized carbons (Fsp3) is 0.714. The molecule has 0 saturated heterocycles. The van der Waals surface area contributed by atoms with E-state index < -0.39 is 0 Å². The molecule has 0 amide bonds. The van der Waals surface area contributed by atoms with Crippen molar-refractivity contribution in [3.63, 3.8) is 0 Å². The number of anilines is 2. The molecule has 1 heterocycles. The van der Waals surface area contributed by atoms with Crippen LogP contribution in [0, 0.1) is 0 Å². The van der Waals surface area contributed by atoms with Crippen molar-refractivity contribution in [2.45, 2.75) is 58.4 Å². The van der Waals surface area contributed by atoms with E-state index >= 15 is 0 Å². The molecule has 1 aliphatic rings. The Morgan fingerprint density at radius 1 is 1.11 bits per heavy atom. The summed E-state index contributed by atoms with van der Waals surface area (Å²) in [6, 6.07) is 2.62. The number of nitrogens with zero attached hydrogens (tertiary/aromatic N) is 2. The summed E-state index contributed by atoms with van der Waals surface area (Å²) in [6.45, 7) is 5.07. The number of hydrogen-bond donors (Lipinski definition) is 2. The van der Waals surface area contributed by atoms with Crippen LogP contribution in [-0.4, -0.2) is 22.6 Å². The van der Waals surface area contributed by atoms with Gasteiger partial charge in [-0.1, -0.05) is 26.2 Å². The molecule has 1 aromatic heterocycles. The van der Waals surface area contributed by atoms with Gasteiger partial charge in [-0.25, -0.2) is 9.97 Å². The average molecular weight is 248 g/mol. The van der Waals surface area contributed by atoms with Gasteiger partial charge in [0, 0.05) is 25.1 Å². The standard InChI is InChI=1S/C14H24N4/c1-3-12-17-13(15-4-2)10-14(18-12)16-11-8-6-5-7-9-11/h10-11H,3-9H2,1-2H3,(H2,15,16,17,18). The lowest BCUT2D eigenvalue weighted by molar-refractivity contribution is 0.461. The van der Waals surface area contributed by atoms with E-state index in [1.807, 2.05) is 6.07 Å². The lowest BCUT2D eigenvalue weighted by Crippen LogP contribution is -2.23. The minimum atomic E-state index is 0.591. The first kappa shape index (κ1) is 13.1. The number of hydrogen-bond acceptors (Lipinski definition) is 4. The number of nitrogens with one attached hydrogen (secondary N) is 2. The lowest BCUT2D eigenvalue weighted by Gasteiger charge is -2.23. The van der Waals surface area contributed by atoms with Crippen LogP contribution in [0.5, 0.6) is 0 Å². The van der Waals surface area contributed by atoms with Gasteiger partial charge >= 0.3 is 0 Å². The van der Waals surface area contributed by atoms with E-state index in [1.54, 1.807) is 0 Å². The molecule has 0 unspecified atom stereocenters. The number of aryl methyl sites for hydroxylation is 1. The summed E-state index contributed by atoms with van der Waals surface area (Å²) in [4.78, 5) is 9.04. The Bertz CT molecular complexity index is 372. The molecule has 1 aromatic rings. The Labute approximate surface area is 110 Å². The first-order valence-corrected chi connectivity index (χ1v) is 7.20. The minimum absolute atomic E-state index is 0.591. The van der Waals surface area contributed by atoms with Gasteiger partial charge < -0.3 is 10.6 Å². The number of rotatable bonds is 5. The van der Waals surface area contributed by atoms with Crippen molar-refractivity contribution in [1.29, 1.82) is 0 Å². The molecule has 4 nitrogen and oxygen atoms in total. The maximum atomic E-state index is 4.57. The molecule has 1 aliphatic carbocycles. The van der Waals surface area contributed by atoms with Gasteiger partial charge in [0.15, 0.2) is 0 Å². The number of aromatic nitrogens is 2. The molecule has 0 bridgehead atoms. The van der Waals surface area contributed by atoms with Gasteiger partial charge in [-0.2, -0.15) is 0 Å². The van der Waals surface area contributed by atoms with Crippen molar-refractivity contribution < 1.29 is 0 Å². The maximum absolute atomic E-state index is 4.57. The zero-order chi connectivity index (χ0) is 12.8. The van der Waals surface area contributed by atoms with E-state index in [9.17, 15) is 0 Å². The van der Waals surface area contributed by atoms with E-state index in [0.717, 1.165) is 30.4 Å². The molecule has 18 heavy (non-hydrogen) atoms. The van der Waals surface area contributed by atoms with E-state index in [2.05, 4.69) is 34.4 Å². The average Bonchev–Trinajstić information content (AvgIpc) is 2.40. The van der Waals surface area contributed by atoms with Crippen LogP contribution in [0.2, 0.25) is 0 Å². The minimum Gasteiger partial charge on any atom is -0.370 e. The molecular formula is C14H24N4. The van der Waals surface area contributed by atoms with E-state index in [-0.39, 0.29) is 0 Å². The first-order chi connectivity index (χ1) is 8.81. The van der Waals surface area contributed by atoms with Gasteiger partial charge in [0.25, 0.3) is 0 Å². The summed E-state index contributed by atoms with van der Waals surface area (Å²) in [6.07, 6.45) is 7.46. The molecule has 0 aliphatic heterocycles. The van der Waals surface area contributed by atoms with Crippen LogP contribution in [0.1, 0.15) is 51.8 Å². The molecule has 2 rings (SSSR count). The van der Waals surface area contributed by atoms with Crippen LogP contribution in [0.4, 0.5) is 11.6 Å². The lowest BCUT2D eigenvalue weighted by atomic mass is 9.95. The summed E-state index contributed by atoms with van der Waals surface area (Å²) in [5, 5.41) is 6.83. The Morgan fingerprint density at radius 3 is 2.50 bits per heavy atom. The molecule has 0 atom stereocenters. The van der Waals surface area contributed by atoms with E-state index in [4.69, 9.17) is 0 Å². The quantitative estimate of drug-likeness (QED) is 0.840. The largest absolute Gasteiger partial charge is 0.370 e. The Morgan fingerprint density at radius 2 is 1.83 bits per heavy atom. The summed E-state index contributed by atoms with van der Waals surface area (Å²) in [5.74, 6) is 2.82. The van der Waals surface area contributed by atoms with Crippen molar-refractivity contribution in [3.05, 3.63) is 11.9 Å². The zero-order valence-electron chi connectivity index (χ0n) is 11.5. The highest BCUT2D eigenvalue weighted by Crippen LogP contribution is 2.21. The van der Waals surface area contributed by atoms with Crippen LogP contribution < -0.4 is 10.6 Å². The third kappa shape index (κ3) is 3.59. The second kappa shape index (κ2) is 6.57. The van der Waals surface area contributed by atoms with Gasteiger partial charge in [0.2, 0.25) is 0 Å². The van der Waals surface area contributed by atoms with Crippen LogP contribution >= 0.6 is 0 Å². The molecule has 0 aromatic carbocycles. The summed E-state index contributed by atoms with van der Waals surface area (Å²) >= 11 is 0. The van der Waals surface area contributed by atoms with E-state index in [0.29, 0.717) is 6.04 Å². The van der Waals surface area contributed by atoms with Gasteiger partial charge in [-0.15, -0.1) is 0 Å². The molecule has 100 valence electrons. The highest BCUT2D eigenvalue weighted by Gasteiger charge is 2.14. The van der Waals surface area contributed by atoms with Gasteiger partial charge in [-0.3, -0.25) is 0 Å². The second-order valence-corrected chi connectivity index (χ2v) is 4.92. The molecule has 2 N–H and O–H groups in total. The predicted molar refractivity (Wildman–Crippen MR) is 76.1 cm³/mol. The zero-order valence-corrected chi connectivity index (χ0v) is 11.5. The fourth-order valence-corrected chi connectivity index (χ4v) is 2.46.